The molecule has 0 unspecified atom stereocenters. The SMILES string of the molecule is CCCc1nnsc1C(=O)NCc1ccnc(-c2cccnc2)c1. The Morgan fingerprint density at radius 1 is 1.29 bits per heavy atom. The van der Waals surface area contributed by atoms with Crippen LogP contribution in [0.1, 0.15) is 34.3 Å². The quantitative estimate of drug-likeness (QED) is 0.747. The van der Waals surface area contributed by atoms with E-state index >= 15 is 0 Å². The van der Waals surface area contributed by atoms with E-state index in [2.05, 4.69) is 31.8 Å². The first kappa shape index (κ1) is 16.2. The number of nitrogens with one attached hydrogen (secondary N) is 1. The Bertz CT molecular complexity index is 819. The molecule has 0 bridgehead atoms. The van der Waals surface area contributed by atoms with Crippen molar-refractivity contribution in [2.75, 3.05) is 0 Å². The summed E-state index contributed by atoms with van der Waals surface area (Å²) in [5.74, 6) is -0.131. The summed E-state index contributed by atoms with van der Waals surface area (Å²) in [6, 6.07) is 7.67. The Hall–Kier alpha value is -2.67. The number of nitrogens with zero attached hydrogens (tertiary/aromatic N) is 4. The molecule has 0 fully saturated rings. The first-order chi connectivity index (χ1) is 11.8. The first-order valence-corrected chi connectivity index (χ1v) is 8.50. The molecule has 0 aliphatic rings. The third-order valence-electron chi connectivity index (χ3n) is 3.48. The van der Waals surface area contributed by atoms with Crippen molar-refractivity contribution in [1.29, 1.82) is 0 Å². The number of hydrogen-bond acceptors (Lipinski definition) is 6. The number of hydrogen-bond donors (Lipinski definition) is 1. The van der Waals surface area contributed by atoms with Crippen LogP contribution in [0, 0.1) is 0 Å². The topological polar surface area (TPSA) is 80.7 Å². The van der Waals surface area contributed by atoms with Gasteiger partial charge in [0.15, 0.2) is 0 Å². The average molecular weight is 339 g/mol. The molecule has 122 valence electrons. The van der Waals surface area contributed by atoms with Gasteiger partial charge in [-0.05, 0) is 47.8 Å². The lowest BCUT2D eigenvalue weighted by molar-refractivity contribution is 0.0954. The molecule has 0 radical (unpaired) electrons. The minimum atomic E-state index is -0.131. The molecular weight excluding hydrogens is 322 g/mol. The zero-order valence-corrected chi connectivity index (χ0v) is 14.1. The van der Waals surface area contributed by atoms with Gasteiger partial charge in [-0.2, -0.15) is 0 Å². The molecule has 7 heteroatoms. The average Bonchev–Trinajstić information content (AvgIpc) is 3.09. The Labute approximate surface area is 144 Å². The highest BCUT2D eigenvalue weighted by Gasteiger charge is 2.15. The van der Waals surface area contributed by atoms with Gasteiger partial charge in [-0.25, -0.2) is 0 Å². The van der Waals surface area contributed by atoms with Crippen molar-refractivity contribution in [2.24, 2.45) is 0 Å². The van der Waals surface area contributed by atoms with Gasteiger partial charge in [0.1, 0.15) is 4.88 Å². The van der Waals surface area contributed by atoms with Crippen LogP contribution in [0.3, 0.4) is 0 Å². The van der Waals surface area contributed by atoms with Crippen molar-refractivity contribution in [2.45, 2.75) is 26.3 Å². The molecule has 24 heavy (non-hydrogen) atoms. The molecule has 1 amide bonds. The fraction of sp³-hybridized carbons (Fsp3) is 0.235. The minimum absolute atomic E-state index is 0.131. The van der Waals surface area contributed by atoms with Crippen molar-refractivity contribution in [3.63, 3.8) is 0 Å². The molecule has 0 saturated carbocycles. The zero-order chi connectivity index (χ0) is 16.8. The van der Waals surface area contributed by atoms with E-state index in [0.29, 0.717) is 11.4 Å². The number of carbonyl (C=O) groups is 1. The van der Waals surface area contributed by atoms with Crippen LogP contribution in [0.2, 0.25) is 0 Å². The van der Waals surface area contributed by atoms with Crippen molar-refractivity contribution in [3.8, 4) is 11.3 Å². The summed E-state index contributed by atoms with van der Waals surface area (Å²) >= 11 is 1.14. The Morgan fingerprint density at radius 3 is 3.00 bits per heavy atom. The molecule has 3 aromatic rings. The first-order valence-electron chi connectivity index (χ1n) is 7.72. The lowest BCUT2D eigenvalue weighted by Crippen LogP contribution is -2.23. The van der Waals surface area contributed by atoms with Gasteiger partial charge in [-0.3, -0.25) is 14.8 Å². The Kier molecular flexibility index (Phi) is 5.22. The molecule has 0 aromatic carbocycles. The molecule has 0 atom stereocenters. The van der Waals surface area contributed by atoms with Crippen molar-refractivity contribution >= 4 is 17.4 Å². The van der Waals surface area contributed by atoms with E-state index in [4.69, 9.17) is 0 Å². The van der Waals surface area contributed by atoms with Gasteiger partial charge in [-0.15, -0.1) is 5.10 Å². The van der Waals surface area contributed by atoms with E-state index in [-0.39, 0.29) is 5.91 Å². The predicted molar refractivity (Wildman–Crippen MR) is 92.5 cm³/mol. The van der Waals surface area contributed by atoms with Gasteiger partial charge in [0.25, 0.3) is 5.91 Å². The van der Waals surface area contributed by atoms with Crippen molar-refractivity contribution in [1.82, 2.24) is 24.9 Å². The number of pyridine rings is 2. The summed E-state index contributed by atoms with van der Waals surface area (Å²) in [6.07, 6.45) is 6.93. The normalized spacial score (nSPS) is 10.5. The van der Waals surface area contributed by atoms with Gasteiger partial charge in [0.05, 0.1) is 11.4 Å². The third-order valence-corrected chi connectivity index (χ3v) is 4.25. The maximum absolute atomic E-state index is 12.3. The van der Waals surface area contributed by atoms with E-state index in [1.807, 2.05) is 24.3 Å². The van der Waals surface area contributed by atoms with Crippen LogP contribution in [0.25, 0.3) is 11.3 Å². The van der Waals surface area contributed by atoms with E-state index in [1.165, 1.54) is 0 Å². The summed E-state index contributed by atoms with van der Waals surface area (Å²) in [5, 5.41) is 6.95. The van der Waals surface area contributed by atoms with Crippen LogP contribution in [0.15, 0.2) is 42.9 Å². The largest absolute Gasteiger partial charge is 0.347 e. The van der Waals surface area contributed by atoms with Crippen LogP contribution in [-0.4, -0.2) is 25.5 Å². The maximum atomic E-state index is 12.3. The number of aromatic nitrogens is 4. The Morgan fingerprint density at radius 2 is 2.21 bits per heavy atom. The lowest BCUT2D eigenvalue weighted by Gasteiger charge is -2.06. The van der Waals surface area contributed by atoms with Gasteiger partial charge >= 0.3 is 0 Å². The molecule has 3 rings (SSSR count). The van der Waals surface area contributed by atoms with Gasteiger partial charge in [-0.1, -0.05) is 17.8 Å². The third kappa shape index (κ3) is 3.80. The standard InChI is InChI=1S/C17H17N5OS/c1-2-4-14-16(24-22-21-14)17(23)20-10-12-6-8-19-15(9-12)13-5-3-7-18-11-13/h3,5-9,11H,2,4,10H2,1H3,(H,20,23). The second kappa shape index (κ2) is 7.74. The second-order valence-electron chi connectivity index (χ2n) is 5.27. The van der Waals surface area contributed by atoms with Gasteiger partial charge < -0.3 is 5.32 Å². The molecule has 6 nitrogen and oxygen atoms in total. The number of amides is 1. The van der Waals surface area contributed by atoms with E-state index in [0.717, 1.165) is 46.9 Å². The van der Waals surface area contributed by atoms with Gasteiger partial charge in [0, 0.05) is 30.7 Å². The molecule has 0 aliphatic heterocycles. The highest BCUT2D eigenvalue weighted by atomic mass is 32.1. The summed E-state index contributed by atoms with van der Waals surface area (Å²) in [6.45, 7) is 2.48. The lowest BCUT2D eigenvalue weighted by atomic mass is 10.1. The summed E-state index contributed by atoms with van der Waals surface area (Å²) in [4.78, 5) is 21.4. The summed E-state index contributed by atoms with van der Waals surface area (Å²) in [5.41, 5.74) is 3.53. The highest BCUT2D eigenvalue weighted by molar-refractivity contribution is 7.08. The van der Waals surface area contributed by atoms with Crippen LogP contribution in [-0.2, 0) is 13.0 Å². The highest BCUT2D eigenvalue weighted by Crippen LogP contribution is 2.17. The molecule has 3 heterocycles. The number of aryl methyl sites for hydroxylation is 1. The minimum Gasteiger partial charge on any atom is -0.347 e. The fourth-order valence-electron chi connectivity index (χ4n) is 2.30. The molecule has 0 spiro atoms. The summed E-state index contributed by atoms with van der Waals surface area (Å²) < 4.78 is 3.88. The summed E-state index contributed by atoms with van der Waals surface area (Å²) in [7, 11) is 0. The van der Waals surface area contributed by atoms with E-state index in [1.54, 1.807) is 18.6 Å². The fourth-order valence-corrected chi connectivity index (χ4v) is 2.92. The zero-order valence-electron chi connectivity index (χ0n) is 13.3. The van der Waals surface area contributed by atoms with Crippen LogP contribution in [0.5, 0.6) is 0 Å². The van der Waals surface area contributed by atoms with Crippen LogP contribution >= 0.6 is 11.5 Å². The van der Waals surface area contributed by atoms with Gasteiger partial charge in [0.2, 0.25) is 0 Å². The van der Waals surface area contributed by atoms with E-state index < -0.39 is 0 Å². The van der Waals surface area contributed by atoms with Crippen molar-refractivity contribution in [3.05, 3.63) is 59.0 Å². The smallest absolute Gasteiger partial charge is 0.265 e. The predicted octanol–water partition coefficient (Wildman–Crippen LogP) is 2.88. The number of rotatable bonds is 6. The molecule has 0 aliphatic carbocycles. The van der Waals surface area contributed by atoms with Crippen LogP contribution < -0.4 is 5.32 Å². The molecule has 3 aromatic heterocycles. The maximum Gasteiger partial charge on any atom is 0.265 e. The Balaban J connectivity index is 1.69. The van der Waals surface area contributed by atoms with Crippen LogP contribution in [0.4, 0.5) is 0 Å². The second-order valence-corrected chi connectivity index (χ2v) is 6.03. The molecule has 1 N–H and O–H groups in total. The number of carbonyl (C=O) groups excluding carboxylic acids is 1. The molecular formula is C17H17N5OS. The molecule has 0 saturated heterocycles. The monoisotopic (exact) mass is 339 g/mol. The van der Waals surface area contributed by atoms with E-state index in [9.17, 15) is 4.79 Å². The van der Waals surface area contributed by atoms with Crippen molar-refractivity contribution < 1.29 is 4.79 Å².